The minimum absolute atomic E-state index is 0.107. The van der Waals surface area contributed by atoms with Crippen LogP contribution in [0.15, 0.2) is 41.3 Å². The van der Waals surface area contributed by atoms with Crippen LogP contribution in [0, 0.1) is 11.5 Å². The zero-order valence-corrected chi connectivity index (χ0v) is 11.4. The van der Waals surface area contributed by atoms with E-state index in [-0.39, 0.29) is 4.90 Å². The van der Waals surface area contributed by atoms with Crippen molar-refractivity contribution in [3.63, 3.8) is 0 Å². The summed E-state index contributed by atoms with van der Waals surface area (Å²) >= 11 is 0. The Bertz CT molecular complexity index is 761. The summed E-state index contributed by atoms with van der Waals surface area (Å²) < 4.78 is 25.8. The van der Waals surface area contributed by atoms with Gasteiger partial charge in [-0.25, -0.2) is 13.1 Å². The molecule has 0 fully saturated rings. The van der Waals surface area contributed by atoms with Crippen molar-refractivity contribution >= 4 is 26.5 Å². The molecule has 1 N–H and O–H groups in total. The van der Waals surface area contributed by atoms with E-state index >= 15 is 0 Å². The average Bonchev–Trinajstić information content (AvgIpc) is 2.37. The smallest absolute Gasteiger partial charge is 0.270 e. The lowest BCUT2D eigenvalue weighted by molar-refractivity contribution is 0.592. The minimum atomic E-state index is -3.81. The third kappa shape index (κ3) is 2.33. The van der Waals surface area contributed by atoms with Gasteiger partial charge in [0.05, 0.1) is 4.90 Å². The van der Waals surface area contributed by atoms with Crippen LogP contribution in [0.2, 0.25) is 0 Å². The van der Waals surface area contributed by atoms with Crippen molar-refractivity contribution in [3.05, 3.63) is 36.4 Å². The summed E-state index contributed by atoms with van der Waals surface area (Å²) in [6.45, 7) is 0. The van der Waals surface area contributed by atoms with E-state index in [0.29, 0.717) is 5.39 Å². The molecule has 0 aliphatic heterocycles. The molecule has 5 nitrogen and oxygen atoms in total. The quantitative estimate of drug-likeness (QED) is 0.683. The summed E-state index contributed by atoms with van der Waals surface area (Å²) in [7, 11) is -0.0244. The number of benzene rings is 2. The first-order chi connectivity index (χ1) is 8.97. The molecular weight excluding hydrogens is 262 g/mol. The molecule has 19 heavy (non-hydrogen) atoms. The first kappa shape index (κ1) is 13.2. The summed E-state index contributed by atoms with van der Waals surface area (Å²) in [5.74, 6) is 0. The fraction of sp³-hybridized carbons (Fsp3) is 0.154. The lowest BCUT2D eigenvalue weighted by atomic mass is 10.1. The molecule has 0 spiro atoms. The summed E-state index contributed by atoms with van der Waals surface area (Å²) in [5, 5.41) is 9.95. The van der Waals surface area contributed by atoms with E-state index in [1.807, 2.05) is 35.9 Å². The zero-order chi connectivity index (χ0) is 14.0. The highest BCUT2D eigenvalue weighted by molar-refractivity contribution is 7.89. The molecule has 0 saturated carbocycles. The normalized spacial score (nSPS) is 11.0. The molecule has 0 aromatic heterocycles. The van der Waals surface area contributed by atoms with Gasteiger partial charge in [0, 0.05) is 30.6 Å². The monoisotopic (exact) mass is 275 g/mol. The molecule has 0 atom stereocenters. The van der Waals surface area contributed by atoms with Crippen molar-refractivity contribution in [3.8, 4) is 6.19 Å². The Kier molecular flexibility index (Phi) is 3.32. The van der Waals surface area contributed by atoms with Gasteiger partial charge in [-0.1, -0.05) is 24.3 Å². The molecule has 0 aliphatic rings. The molecule has 0 saturated heterocycles. The Morgan fingerprint density at radius 2 is 1.74 bits per heavy atom. The van der Waals surface area contributed by atoms with E-state index < -0.39 is 10.0 Å². The molecule has 2 rings (SSSR count). The second kappa shape index (κ2) is 4.78. The van der Waals surface area contributed by atoms with Gasteiger partial charge < -0.3 is 4.90 Å². The first-order valence-electron chi connectivity index (χ1n) is 5.57. The molecule has 2 aromatic rings. The zero-order valence-electron chi connectivity index (χ0n) is 10.6. The molecule has 0 aliphatic carbocycles. The van der Waals surface area contributed by atoms with Crippen molar-refractivity contribution in [1.82, 2.24) is 4.72 Å². The van der Waals surface area contributed by atoms with Crippen molar-refractivity contribution < 1.29 is 8.42 Å². The predicted octanol–water partition coefficient (Wildman–Crippen LogP) is 1.67. The maximum atomic E-state index is 12.0. The summed E-state index contributed by atoms with van der Waals surface area (Å²) in [4.78, 5) is 2.02. The lowest BCUT2D eigenvalue weighted by Gasteiger charge is -2.16. The van der Waals surface area contributed by atoms with Crippen molar-refractivity contribution in [2.75, 3.05) is 19.0 Å². The van der Waals surface area contributed by atoms with Crippen LogP contribution in [0.25, 0.3) is 10.8 Å². The average molecular weight is 275 g/mol. The maximum absolute atomic E-state index is 12.0. The number of anilines is 1. The van der Waals surface area contributed by atoms with Crippen LogP contribution in [0.5, 0.6) is 0 Å². The number of nitriles is 1. The van der Waals surface area contributed by atoms with Crippen LogP contribution in [0.4, 0.5) is 5.69 Å². The van der Waals surface area contributed by atoms with Gasteiger partial charge in [-0.05, 0) is 12.1 Å². The number of hydrogen-bond acceptors (Lipinski definition) is 4. The molecule has 0 unspecified atom stereocenters. The van der Waals surface area contributed by atoms with Gasteiger partial charge in [-0.2, -0.15) is 5.26 Å². The lowest BCUT2D eigenvalue weighted by Crippen LogP contribution is -2.18. The van der Waals surface area contributed by atoms with Crippen LogP contribution < -0.4 is 9.62 Å². The molecular formula is C13H13N3O2S. The Labute approximate surface area is 112 Å². The van der Waals surface area contributed by atoms with Crippen molar-refractivity contribution in [2.45, 2.75) is 4.90 Å². The molecule has 0 bridgehead atoms. The highest BCUT2D eigenvalue weighted by Crippen LogP contribution is 2.29. The second-order valence-corrected chi connectivity index (χ2v) is 5.89. The summed E-state index contributed by atoms with van der Waals surface area (Å²) in [6.07, 6.45) is 1.46. The number of rotatable bonds is 3. The van der Waals surface area contributed by atoms with Crippen LogP contribution in [-0.2, 0) is 10.0 Å². The van der Waals surface area contributed by atoms with Gasteiger partial charge in [-0.15, -0.1) is 0 Å². The minimum Gasteiger partial charge on any atom is -0.377 e. The molecule has 0 heterocycles. The van der Waals surface area contributed by atoms with E-state index in [0.717, 1.165) is 11.1 Å². The number of nitrogens with one attached hydrogen (secondary N) is 1. The van der Waals surface area contributed by atoms with Gasteiger partial charge in [0.15, 0.2) is 6.19 Å². The van der Waals surface area contributed by atoms with Gasteiger partial charge in [0.1, 0.15) is 0 Å². The molecule has 2 aromatic carbocycles. The van der Waals surface area contributed by atoms with Crippen molar-refractivity contribution in [1.29, 1.82) is 5.26 Å². The van der Waals surface area contributed by atoms with E-state index in [4.69, 9.17) is 5.26 Å². The number of sulfonamides is 1. The fourth-order valence-electron chi connectivity index (χ4n) is 2.00. The van der Waals surface area contributed by atoms with Gasteiger partial charge in [0.25, 0.3) is 10.0 Å². The van der Waals surface area contributed by atoms with Crippen LogP contribution in [-0.4, -0.2) is 22.5 Å². The van der Waals surface area contributed by atoms with E-state index in [1.165, 1.54) is 12.3 Å². The van der Waals surface area contributed by atoms with Crippen LogP contribution >= 0.6 is 0 Å². The topological polar surface area (TPSA) is 73.2 Å². The Balaban J connectivity index is 2.80. The third-order valence-electron chi connectivity index (χ3n) is 2.81. The largest absolute Gasteiger partial charge is 0.377 e. The molecule has 98 valence electrons. The number of hydrogen-bond donors (Lipinski definition) is 1. The van der Waals surface area contributed by atoms with Gasteiger partial charge in [0.2, 0.25) is 0 Å². The standard InChI is InChI=1S/C13H13N3O2S/c1-16(2)12-7-3-6-11-10(12)5-4-8-13(11)19(17,18)15-9-14/h3-8,15H,1-2H3. The fourth-order valence-corrected chi connectivity index (χ4v) is 2.96. The van der Waals surface area contributed by atoms with Gasteiger partial charge in [-0.3, -0.25) is 0 Å². The Hall–Kier alpha value is -2.26. The highest BCUT2D eigenvalue weighted by atomic mass is 32.2. The Morgan fingerprint density at radius 3 is 2.37 bits per heavy atom. The Morgan fingerprint density at radius 1 is 1.11 bits per heavy atom. The van der Waals surface area contributed by atoms with E-state index in [2.05, 4.69) is 0 Å². The SMILES string of the molecule is CN(C)c1cccc2c(S(=O)(=O)NC#N)cccc12. The van der Waals surface area contributed by atoms with Gasteiger partial charge >= 0.3 is 0 Å². The molecule has 6 heteroatoms. The predicted molar refractivity (Wildman–Crippen MR) is 74.2 cm³/mol. The van der Waals surface area contributed by atoms with Crippen LogP contribution in [0.1, 0.15) is 0 Å². The van der Waals surface area contributed by atoms with Crippen LogP contribution in [0.3, 0.4) is 0 Å². The van der Waals surface area contributed by atoms with E-state index in [9.17, 15) is 8.42 Å². The number of fused-ring (bicyclic) bond motifs is 1. The summed E-state index contributed by atoms with van der Waals surface area (Å²) in [6, 6.07) is 10.5. The van der Waals surface area contributed by atoms with Crippen molar-refractivity contribution in [2.24, 2.45) is 0 Å². The maximum Gasteiger partial charge on any atom is 0.270 e. The number of nitrogens with zero attached hydrogens (tertiary/aromatic N) is 2. The molecule has 0 amide bonds. The molecule has 0 radical (unpaired) electrons. The second-order valence-electron chi connectivity index (χ2n) is 4.24. The summed E-state index contributed by atoms with van der Waals surface area (Å²) in [5.41, 5.74) is 0.923. The third-order valence-corrected chi connectivity index (χ3v) is 4.11. The highest BCUT2D eigenvalue weighted by Gasteiger charge is 2.17. The van der Waals surface area contributed by atoms with E-state index in [1.54, 1.807) is 18.2 Å². The first-order valence-corrected chi connectivity index (χ1v) is 7.05.